The molecule has 10 nitrogen and oxygen atoms in total. The number of aryl methyl sites for hydroxylation is 1. The first-order valence-corrected chi connectivity index (χ1v) is 9.19. The Morgan fingerprint density at radius 2 is 1.91 bits per heavy atom. The number of benzene rings is 2. The number of esters is 1. The van der Waals surface area contributed by atoms with Gasteiger partial charge in [-0.3, -0.25) is 14.9 Å². The minimum Gasteiger partial charge on any atom is -0.493 e. The van der Waals surface area contributed by atoms with Gasteiger partial charge in [0.05, 0.1) is 36.1 Å². The number of methoxy groups -OCH3 is 1. The van der Waals surface area contributed by atoms with E-state index in [0.717, 1.165) is 24.8 Å². The number of nitro groups is 1. The highest BCUT2D eigenvalue weighted by molar-refractivity contribution is 5.75. The van der Waals surface area contributed by atoms with Crippen LogP contribution in [0.2, 0.25) is 0 Å². The van der Waals surface area contributed by atoms with E-state index in [0.29, 0.717) is 5.56 Å². The molecule has 0 aliphatic rings. The second-order valence-corrected chi connectivity index (χ2v) is 6.55. The Hall–Kier alpha value is -3.96. The number of carbonyl (C=O) groups is 2. The summed E-state index contributed by atoms with van der Waals surface area (Å²) in [6.07, 6.45) is -0.300. The predicted molar refractivity (Wildman–Crippen MR) is 107 cm³/mol. The van der Waals surface area contributed by atoms with E-state index < -0.39 is 47.6 Å². The lowest BCUT2D eigenvalue weighted by Crippen LogP contribution is -2.35. The fraction of sp³-hybridized carbons (Fsp3) is 0.300. The van der Waals surface area contributed by atoms with Crippen LogP contribution >= 0.6 is 0 Å². The zero-order valence-corrected chi connectivity index (χ0v) is 17.2. The maximum Gasteiger partial charge on any atom is 0.387 e. The molecule has 2 aromatic carbocycles. The Labute approximate surface area is 181 Å². The van der Waals surface area contributed by atoms with Gasteiger partial charge in [-0.2, -0.15) is 8.78 Å². The fourth-order valence-electron chi connectivity index (χ4n) is 3.00. The summed E-state index contributed by atoms with van der Waals surface area (Å²) in [5.74, 6) is -1.52. The molecule has 0 saturated heterocycles. The average molecular weight is 453 g/mol. The van der Waals surface area contributed by atoms with Gasteiger partial charge in [0.1, 0.15) is 6.61 Å². The van der Waals surface area contributed by atoms with Crippen molar-refractivity contribution in [2.45, 2.75) is 32.6 Å². The van der Waals surface area contributed by atoms with Gasteiger partial charge in [-0.15, -0.1) is 0 Å². The lowest BCUT2D eigenvalue weighted by atomic mass is 9.99. The molecule has 0 radical (unpaired) electrons. The fourth-order valence-corrected chi connectivity index (χ4v) is 3.00. The van der Waals surface area contributed by atoms with Gasteiger partial charge >= 0.3 is 18.6 Å². The van der Waals surface area contributed by atoms with Gasteiger partial charge in [-0.05, 0) is 24.1 Å². The number of hydrogen-bond donors (Lipinski definition) is 2. The van der Waals surface area contributed by atoms with Gasteiger partial charge in [0.2, 0.25) is 0 Å². The van der Waals surface area contributed by atoms with Crippen LogP contribution in [-0.2, 0) is 16.1 Å². The van der Waals surface area contributed by atoms with Crippen LogP contribution in [0.4, 0.5) is 19.3 Å². The quantitative estimate of drug-likeness (QED) is 0.319. The second-order valence-electron chi connectivity index (χ2n) is 6.55. The normalized spacial score (nSPS) is 11.5. The van der Waals surface area contributed by atoms with Gasteiger partial charge in [-0.25, -0.2) is 4.79 Å². The SMILES string of the molecule is COc1cc(COC(=O)CC(NC(N)=O)c2ccccc2C)c([N+](=O)[O-])cc1OC(F)F. The van der Waals surface area contributed by atoms with E-state index in [1.165, 1.54) is 0 Å². The van der Waals surface area contributed by atoms with Gasteiger partial charge < -0.3 is 25.3 Å². The Morgan fingerprint density at radius 3 is 2.47 bits per heavy atom. The van der Waals surface area contributed by atoms with Crippen LogP contribution in [0.5, 0.6) is 11.5 Å². The van der Waals surface area contributed by atoms with Gasteiger partial charge in [0, 0.05) is 0 Å². The first kappa shape index (κ1) is 24.3. The first-order chi connectivity index (χ1) is 15.1. The summed E-state index contributed by atoms with van der Waals surface area (Å²) in [5, 5.41) is 13.8. The number of nitrogens with zero attached hydrogens (tertiary/aromatic N) is 1. The number of urea groups is 1. The van der Waals surface area contributed by atoms with E-state index in [1.807, 2.05) is 0 Å². The number of nitrogens with two attached hydrogens (primary N) is 1. The van der Waals surface area contributed by atoms with Crippen molar-refractivity contribution in [1.82, 2.24) is 5.32 Å². The second kappa shape index (κ2) is 10.9. The third kappa shape index (κ3) is 6.52. The molecule has 2 rings (SSSR count). The van der Waals surface area contributed by atoms with E-state index in [2.05, 4.69) is 10.1 Å². The number of ether oxygens (including phenoxy) is 3. The molecule has 0 aliphatic heterocycles. The van der Waals surface area contributed by atoms with E-state index in [4.69, 9.17) is 15.2 Å². The summed E-state index contributed by atoms with van der Waals surface area (Å²) in [6, 6.07) is 7.21. The Morgan fingerprint density at radius 1 is 1.22 bits per heavy atom. The number of nitrogens with one attached hydrogen (secondary N) is 1. The number of carbonyl (C=O) groups excluding carboxylic acids is 2. The molecule has 0 spiro atoms. The molecule has 1 unspecified atom stereocenters. The number of rotatable bonds is 10. The lowest BCUT2D eigenvalue weighted by Gasteiger charge is -2.19. The summed E-state index contributed by atoms with van der Waals surface area (Å²) in [5.41, 5.74) is 5.94. The molecule has 0 fully saturated rings. The van der Waals surface area contributed by atoms with E-state index in [1.54, 1.807) is 31.2 Å². The number of alkyl halides is 2. The Kier molecular flexibility index (Phi) is 8.27. The maximum atomic E-state index is 12.5. The molecule has 0 heterocycles. The predicted octanol–water partition coefficient (Wildman–Crippen LogP) is 3.36. The zero-order valence-electron chi connectivity index (χ0n) is 17.2. The highest BCUT2D eigenvalue weighted by Gasteiger charge is 2.24. The molecule has 172 valence electrons. The molecule has 2 amide bonds. The van der Waals surface area contributed by atoms with Crippen LogP contribution in [0.3, 0.4) is 0 Å². The molecule has 0 bridgehead atoms. The summed E-state index contributed by atoms with van der Waals surface area (Å²) < 4.78 is 39.4. The highest BCUT2D eigenvalue weighted by atomic mass is 19.3. The smallest absolute Gasteiger partial charge is 0.387 e. The van der Waals surface area contributed by atoms with Gasteiger partial charge in [0.25, 0.3) is 5.69 Å². The summed E-state index contributed by atoms with van der Waals surface area (Å²) in [6.45, 7) is -1.98. The zero-order chi connectivity index (χ0) is 23.8. The number of hydrogen-bond acceptors (Lipinski definition) is 7. The molecule has 32 heavy (non-hydrogen) atoms. The third-order valence-electron chi connectivity index (χ3n) is 4.42. The number of primary amides is 1. The molecule has 0 aliphatic carbocycles. The van der Waals surface area contributed by atoms with Gasteiger partial charge in [-0.1, -0.05) is 24.3 Å². The highest BCUT2D eigenvalue weighted by Crippen LogP contribution is 2.36. The van der Waals surface area contributed by atoms with Gasteiger partial charge in [0.15, 0.2) is 11.5 Å². The molecular weight excluding hydrogens is 432 g/mol. The summed E-state index contributed by atoms with van der Waals surface area (Å²) >= 11 is 0. The topological polar surface area (TPSA) is 143 Å². The van der Waals surface area contributed by atoms with Crippen LogP contribution in [0.25, 0.3) is 0 Å². The Balaban J connectivity index is 2.20. The molecular formula is C20H21F2N3O7. The van der Waals surface area contributed by atoms with Crippen molar-refractivity contribution in [3.8, 4) is 11.5 Å². The standard InChI is InChI=1S/C20H21F2N3O7/c1-11-5-3-4-6-13(11)14(24-20(23)27)8-18(26)31-10-12-7-16(30-2)17(32-19(21)22)9-15(12)25(28)29/h3-7,9,14,19H,8,10H2,1-2H3,(H3,23,24,27). The number of halogens is 2. The molecule has 3 N–H and O–H groups in total. The maximum absolute atomic E-state index is 12.5. The molecule has 2 aromatic rings. The lowest BCUT2D eigenvalue weighted by molar-refractivity contribution is -0.386. The van der Waals surface area contributed by atoms with Crippen LogP contribution < -0.4 is 20.5 Å². The van der Waals surface area contributed by atoms with Crippen molar-refractivity contribution < 1.29 is 37.5 Å². The van der Waals surface area contributed by atoms with Crippen molar-refractivity contribution in [3.63, 3.8) is 0 Å². The van der Waals surface area contributed by atoms with Crippen LogP contribution in [0.1, 0.15) is 29.2 Å². The third-order valence-corrected chi connectivity index (χ3v) is 4.42. The molecule has 0 saturated carbocycles. The minimum absolute atomic E-state index is 0.0999. The summed E-state index contributed by atoms with van der Waals surface area (Å²) in [4.78, 5) is 34.3. The van der Waals surface area contributed by atoms with Crippen molar-refractivity contribution in [2.24, 2.45) is 5.73 Å². The number of nitro benzene ring substituents is 1. The summed E-state index contributed by atoms with van der Waals surface area (Å²) in [7, 11) is 1.16. The minimum atomic E-state index is -3.22. The van der Waals surface area contributed by atoms with E-state index in [9.17, 15) is 28.5 Å². The van der Waals surface area contributed by atoms with E-state index >= 15 is 0 Å². The molecule has 12 heteroatoms. The van der Waals surface area contributed by atoms with Crippen LogP contribution in [0, 0.1) is 17.0 Å². The van der Waals surface area contributed by atoms with Crippen LogP contribution in [-0.4, -0.2) is 30.6 Å². The van der Waals surface area contributed by atoms with Crippen molar-refractivity contribution in [2.75, 3.05) is 7.11 Å². The van der Waals surface area contributed by atoms with Crippen molar-refractivity contribution in [1.29, 1.82) is 0 Å². The average Bonchev–Trinajstić information content (AvgIpc) is 2.71. The van der Waals surface area contributed by atoms with Crippen molar-refractivity contribution in [3.05, 3.63) is 63.2 Å². The van der Waals surface area contributed by atoms with E-state index in [-0.39, 0.29) is 17.7 Å². The number of amides is 2. The molecule has 0 aromatic heterocycles. The largest absolute Gasteiger partial charge is 0.493 e. The first-order valence-electron chi connectivity index (χ1n) is 9.19. The Bertz CT molecular complexity index is 1000. The molecule has 1 atom stereocenters. The van der Waals surface area contributed by atoms with Crippen molar-refractivity contribution >= 4 is 17.7 Å². The van der Waals surface area contributed by atoms with Crippen LogP contribution in [0.15, 0.2) is 36.4 Å². The monoisotopic (exact) mass is 453 g/mol.